The molecular weight excluding hydrogens is 250 g/mol. The maximum atomic E-state index is 11.1. The number of hydrogen-bond acceptors (Lipinski definition) is 6. The summed E-state index contributed by atoms with van der Waals surface area (Å²) in [6.07, 6.45) is 1.44. The van der Waals surface area contributed by atoms with Crippen LogP contribution in [-0.4, -0.2) is 36.6 Å². The topological polar surface area (TPSA) is 118 Å². The number of carboxylic acid groups (broad SMARTS) is 1. The first kappa shape index (κ1) is 11.1. The summed E-state index contributed by atoms with van der Waals surface area (Å²) < 4.78 is 5.06. The highest BCUT2D eigenvalue weighted by Crippen LogP contribution is 2.24. The third-order valence-corrected chi connectivity index (χ3v) is 2.46. The van der Waals surface area contributed by atoms with Gasteiger partial charge in [-0.05, 0) is 12.1 Å². The zero-order valence-corrected chi connectivity index (χ0v) is 9.44. The number of carboxylic acids is 1. The van der Waals surface area contributed by atoms with Gasteiger partial charge in [0, 0.05) is 0 Å². The van der Waals surface area contributed by atoms with Gasteiger partial charge in [-0.3, -0.25) is 0 Å². The molecule has 0 unspecified atom stereocenters. The fourth-order valence-electron chi connectivity index (χ4n) is 1.60. The van der Waals surface area contributed by atoms with Crippen molar-refractivity contribution in [1.82, 2.24) is 25.6 Å². The van der Waals surface area contributed by atoms with Gasteiger partial charge in [-0.25, -0.2) is 4.79 Å². The van der Waals surface area contributed by atoms with Crippen LogP contribution in [0.4, 0.5) is 0 Å². The van der Waals surface area contributed by atoms with Gasteiger partial charge in [0.25, 0.3) is 5.89 Å². The molecule has 19 heavy (non-hydrogen) atoms. The standard InChI is InChI=1S/C11H7N5O3/c17-11(18)7-4-2-1-3-6(7)10-13-9(15-19-10)8-5-12-16-14-8/h1-5H,(H,17,18)(H,12,14,16). The van der Waals surface area contributed by atoms with Gasteiger partial charge in [-0.15, -0.1) is 0 Å². The van der Waals surface area contributed by atoms with Gasteiger partial charge in [0.05, 0.1) is 17.3 Å². The lowest BCUT2D eigenvalue weighted by molar-refractivity contribution is 0.0697. The lowest BCUT2D eigenvalue weighted by Crippen LogP contribution is -1.99. The highest BCUT2D eigenvalue weighted by molar-refractivity contribution is 5.94. The maximum Gasteiger partial charge on any atom is 0.336 e. The minimum Gasteiger partial charge on any atom is -0.478 e. The Kier molecular flexibility index (Phi) is 2.53. The average Bonchev–Trinajstić information content (AvgIpc) is 3.09. The highest BCUT2D eigenvalue weighted by atomic mass is 16.5. The molecule has 1 aromatic carbocycles. The second-order valence-electron chi connectivity index (χ2n) is 3.63. The quantitative estimate of drug-likeness (QED) is 0.724. The van der Waals surface area contributed by atoms with E-state index in [-0.39, 0.29) is 17.3 Å². The summed E-state index contributed by atoms with van der Waals surface area (Å²) >= 11 is 0. The molecule has 0 aliphatic rings. The maximum absolute atomic E-state index is 11.1. The first-order valence-electron chi connectivity index (χ1n) is 5.28. The number of carbonyl (C=O) groups is 1. The molecule has 2 N–H and O–H groups in total. The van der Waals surface area contributed by atoms with Crippen molar-refractivity contribution in [2.75, 3.05) is 0 Å². The number of aromatic amines is 1. The van der Waals surface area contributed by atoms with E-state index in [1.807, 2.05) is 0 Å². The molecule has 0 aliphatic carbocycles. The fourth-order valence-corrected chi connectivity index (χ4v) is 1.60. The number of H-pyrrole nitrogens is 1. The van der Waals surface area contributed by atoms with Crippen LogP contribution in [0.25, 0.3) is 23.0 Å². The van der Waals surface area contributed by atoms with Crippen molar-refractivity contribution in [3.05, 3.63) is 36.0 Å². The van der Waals surface area contributed by atoms with Crippen LogP contribution in [0.1, 0.15) is 10.4 Å². The van der Waals surface area contributed by atoms with Crippen LogP contribution in [0.3, 0.4) is 0 Å². The Labute approximate surface area is 106 Å². The molecule has 94 valence electrons. The molecule has 0 saturated carbocycles. The van der Waals surface area contributed by atoms with Gasteiger partial charge in [0.1, 0.15) is 0 Å². The van der Waals surface area contributed by atoms with E-state index in [4.69, 9.17) is 9.63 Å². The van der Waals surface area contributed by atoms with Crippen LogP contribution in [0.5, 0.6) is 0 Å². The molecule has 8 nitrogen and oxygen atoms in total. The molecule has 0 bridgehead atoms. The van der Waals surface area contributed by atoms with Gasteiger partial charge in [0.15, 0.2) is 5.69 Å². The van der Waals surface area contributed by atoms with Crippen LogP contribution >= 0.6 is 0 Å². The molecule has 3 aromatic rings. The fraction of sp³-hybridized carbons (Fsp3) is 0. The highest BCUT2D eigenvalue weighted by Gasteiger charge is 2.17. The number of nitrogens with zero attached hydrogens (tertiary/aromatic N) is 4. The Morgan fingerprint density at radius 2 is 2.16 bits per heavy atom. The molecule has 0 spiro atoms. The first-order valence-corrected chi connectivity index (χ1v) is 5.28. The van der Waals surface area contributed by atoms with E-state index in [9.17, 15) is 4.79 Å². The normalized spacial score (nSPS) is 10.5. The Hall–Kier alpha value is -3.03. The molecule has 0 saturated heterocycles. The zero-order chi connectivity index (χ0) is 13.2. The Morgan fingerprint density at radius 1 is 1.32 bits per heavy atom. The molecule has 8 heteroatoms. The van der Waals surface area contributed by atoms with E-state index in [0.717, 1.165) is 0 Å². The molecule has 3 rings (SSSR count). The van der Waals surface area contributed by atoms with Crippen LogP contribution in [0, 0.1) is 0 Å². The van der Waals surface area contributed by atoms with Gasteiger partial charge < -0.3 is 9.63 Å². The summed E-state index contributed by atoms with van der Waals surface area (Å²) in [5.74, 6) is -0.697. The van der Waals surface area contributed by atoms with E-state index < -0.39 is 5.97 Å². The second kappa shape index (κ2) is 4.33. The molecule has 2 heterocycles. The van der Waals surface area contributed by atoms with Gasteiger partial charge >= 0.3 is 5.97 Å². The van der Waals surface area contributed by atoms with Crippen LogP contribution in [0.2, 0.25) is 0 Å². The molecule has 0 fully saturated rings. The second-order valence-corrected chi connectivity index (χ2v) is 3.63. The summed E-state index contributed by atoms with van der Waals surface area (Å²) in [6, 6.07) is 6.39. The van der Waals surface area contributed by atoms with Crippen molar-refractivity contribution in [3.63, 3.8) is 0 Å². The lowest BCUT2D eigenvalue weighted by atomic mass is 10.1. The number of nitrogens with one attached hydrogen (secondary N) is 1. The Bertz CT molecular complexity index is 720. The number of benzene rings is 1. The molecule has 0 radical (unpaired) electrons. The van der Waals surface area contributed by atoms with Crippen molar-refractivity contribution in [2.24, 2.45) is 0 Å². The van der Waals surface area contributed by atoms with E-state index in [2.05, 4.69) is 25.6 Å². The Balaban J connectivity index is 2.06. The van der Waals surface area contributed by atoms with E-state index in [1.165, 1.54) is 12.3 Å². The largest absolute Gasteiger partial charge is 0.478 e. The summed E-state index contributed by atoms with van der Waals surface area (Å²) in [6.45, 7) is 0. The van der Waals surface area contributed by atoms with E-state index >= 15 is 0 Å². The van der Waals surface area contributed by atoms with Crippen LogP contribution in [0.15, 0.2) is 35.0 Å². The minimum absolute atomic E-state index is 0.0952. The van der Waals surface area contributed by atoms with Crippen molar-refractivity contribution < 1.29 is 14.4 Å². The van der Waals surface area contributed by atoms with E-state index in [0.29, 0.717) is 11.3 Å². The predicted molar refractivity (Wildman–Crippen MR) is 62.1 cm³/mol. The number of hydrogen-bond donors (Lipinski definition) is 2. The first-order chi connectivity index (χ1) is 9.25. The number of aromatic nitrogens is 5. The SMILES string of the molecule is O=C(O)c1ccccc1-c1nc(-c2cn[nH]n2)no1. The van der Waals surface area contributed by atoms with Gasteiger partial charge in [-0.2, -0.15) is 20.4 Å². The monoisotopic (exact) mass is 257 g/mol. The molecule has 2 aromatic heterocycles. The summed E-state index contributed by atoms with van der Waals surface area (Å²) in [5.41, 5.74) is 0.873. The number of aromatic carboxylic acids is 1. The third-order valence-electron chi connectivity index (χ3n) is 2.46. The Morgan fingerprint density at radius 3 is 2.89 bits per heavy atom. The summed E-state index contributed by atoms with van der Waals surface area (Å²) in [5, 5.41) is 22.7. The minimum atomic E-state index is -1.06. The predicted octanol–water partition coefficient (Wildman–Crippen LogP) is 1.22. The molecule has 0 amide bonds. The molecule has 0 aliphatic heterocycles. The zero-order valence-electron chi connectivity index (χ0n) is 9.44. The van der Waals surface area contributed by atoms with Crippen molar-refractivity contribution in [2.45, 2.75) is 0 Å². The van der Waals surface area contributed by atoms with Crippen molar-refractivity contribution in [1.29, 1.82) is 0 Å². The van der Waals surface area contributed by atoms with Crippen molar-refractivity contribution >= 4 is 5.97 Å². The van der Waals surface area contributed by atoms with E-state index in [1.54, 1.807) is 18.2 Å². The van der Waals surface area contributed by atoms with Gasteiger partial charge in [0.2, 0.25) is 5.82 Å². The smallest absolute Gasteiger partial charge is 0.336 e. The lowest BCUT2D eigenvalue weighted by Gasteiger charge is -1.99. The number of rotatable bonds is 3. The molecule has 0 atom stereocenters. The molecular formula is C11H7N5O3. The van der Waals surface area contributed by atoms with Crippen molar-refractivity contribution in [3.8, 4) is 23.0 Å². The average molecular weight is 257 g/mol. The van der Waals surface area contributed by atoms with Crippen LogP contribution in [-0.2, 0) is 0 Å². The summed E-state index contributed by atoms with van der Waals surface area (Å²) in [7, 11) is 0. The van der Waals surface area contributed by atoms with Gasteiger partial charge in [-0.1, -0.05) is 17.3 Å². The summed E-state index contributed by atoms with van der Waals surface area (Å²) in [4.78, 5) is 15.2. The van der Waals surface area contributed by atoms with Crippen LogP contribution < -0.4 is 0 Å². The third kappa shape index (κ3) is 1.95.